The SMILES string of the molecule is C.Cl.N[C@@H]1C[C@H]1c1cc(F)cc(F)c1OCc1ccccc1. The van der Waals surface area contributed by atoms with E-state index in [4.69, 9.17) is 10.5 Å². The maximum absolute atomic E-state index is 13.9. The second-order valence-electron chi connectivity index (χ2n) is 5.09. The van der Waals surface area contributed by atoms with Crippen LogP contribution in [0.5, 0.6) is 5.75 Å². The van der Waals surface area contributed by atoms with Crippen molar-refractivity contribution in [3.63, 3.8) is 0 Å². The molecule has 1 saturated carbocycles. The van der Waals surface area contributed by atoms with Gasteiger partial charge in [-0.05, 0) is 18.1 Å². The third-order valence-corrected chi connectivity index (χ3v) is 3.50. The normalized spacial score (nSPS) is 18.9. The van der Waals surface area contributed by atoms with Gasteiger partial charge in [-0.15, -0.1) is 12.4 Å². The summed E-state index contributed by atoms with van der Waals surface area (Å²) in [6, 6.07) is 11.6. The summed E-state index contributed by atoms with van der Waals surface area (Å²) in [6.45, 7) is 0.248. The Morgan fingerprint density at radius 3 is 2.36 bits per heavy atom. The lowest BCUT2D eigenvalue weighted by atomic mass is 10.1. The Hall–Kier alpha value is -1.65. The van der Waals surface area contributed by atoms with Crippen LogP contribution in [0.1, 0.15) is 30.9 Å². The van der Waals surface area contributed by atoms with Crippen LogP contribution in [0.2, 0.25) is 0 Å². The minimum Gasteiger partial charge on any atom is -0.486 e. The fourth-order valence-corrected chi connectivity index (χ4v) is 2.31. The molecule has 2 atom stereocenters. The molecule has 0 saturated heterocycles. The van der Waals surface area contributed by atoms with Crippen molar-refractivity contribution < 1.29 is 13.5 Å². The van der Waals surface area contributed by atoms with Crippen LogP contribution in [-0.2, 0) is 6.61 Å². The van der Waals surface area contributed by atoms with Crippen molar-refractivity contribution in [1.82, 2.24) is 0 Å². The predicted octanol–water partition coefficient (Wildman–Crippen LogP) is 4.42. The summed E-state index contributed by atoms with van der Waals surface area (Å²) in [6.07, 6.45) is 0.741. The van der Waals surface area contributed by atoms with Crippen LogP contribution in [0.25, 0.3) is 0 Å². The minimum atomic E-state index is -0.671. The van der Waals surface area contributed by atoms with Crippen molar-refractivity contribution in [3.8, 4) is 5.75 Å². The van der Waals surface area contributed by atoms with Gasteiger partial charge in [0.15, 0.2) is 11.6 Å². The van der Waals surface area contributed by atoms with Crippen LogP contribution in [0.15, 0.2) is 42.5 Å². The molecule has 3 rings (SSSR count). The molecule has 1 fully saturated rings. The molecule has 0 bridgehead atoms. The van der Waals surface area contributed by atoms with Crippen molar-refractivity contribution in [1.29, 1.82) is 0 Å². The van der Waals surface area contributed by atoms with E-state index in [0.717, 1.165) is 18.1 Å². The summed E-state index contributed by atoms with van der Waals surface area (Å²) in [4.78, 5) is 0. The van der Waals surface area contributed by atoms with E-state index < -0.39 is 11.6 Å². The van der Waals surface area contributed by atoms with Gasteiger partial charge in [-0.25, -0.2) is 8.78 Å². The second kappa shape index (κ2) is 7.56. The monoisotopic (exact) mass is 327 g/mol. The van der Waals surface area contributed by atoms with Crippen molar-refractivity contribution >= 4 is 12.4 Å². The summed E-state index contributed by atoms with van der Waals surface area (Å²) in [5.41, 5.74) is 7.24. The van der Waals surface area contributed by atoms with Crippen LogP contribution in [0, 0.1) is 11.6 Å². The fraction of sp³-hybridized carbons (Fsp3) is 0.294. The quantitative estimate of drug-likeness (QED) is 0.902. The highest BCUT2D eigenvalue weighted by molar-refractivity contribution is 5.85. The van der Waals surface area contributed by atoms with Crippen LogP contribution >= 0.6 is 12.4 Å². The van der Waals surface area contributed by atoms with Crippen molar-refractivity contribution in [2.75, 3.05) is 0 Å². The molecule has 0 aliphatic heterocycles. The molecule has 1 aliphatic carbocycles. The van der Waals surface area contributed by atoms with Gasteiger partial charge >= 0.3 is 0 Å². The van der Waals surface area contributed by atoms with E-state index >= 15 is 0 Å². The standard InChI is InChI=1S/C16H15F2NO.CH4.ClH/c17-11-6-13(12-8-15(12)19)16(14(18)7-11)20-9-10-4-2-1-3-5-10;;/h1-7,12,15H,8-9,19H2;1H4;1H/t12-,15+;;/m0../s1. The Balaban J connectivity index is 0.00000121. The maximum atomic E-state index is 13.9. The molecule has 2 aromatic rings. The summed E-state index contributed by atoms with van der Waals surface area (Å²) < 4.78 is 32.8. The van der Waals surface area contributed by atoms with Crippen LogP contribution in [0.3, 0.4) is 0 Å². The zero-order valence-corrected chi connectivity index (χ0v) is 12.1. The lowest BCUT2D eigenvalue weighted by molar-refractivity contribution is 0.285. The lowest BCUT2D eigenvalue weighted by Crippen LogP contribution is -2.05. The van der Waals surface area contributed by atoms with Crippen LogP contribution in [-0.4, -0.2) is 6.04 Å². The fourth-order valence-electron chi connectivity index (χ4n) is 2.31. The van der Waals surface area contributed by atoms with Gasteiger partial charge < -0.3 is 10.5 Å². The van der Waals surface area contributed by atoms with E-state index in [1.165, 1.54) is 6.07 Å². The summed E-state index contributed by atoms with van der Waals surface area (Å²) >= 11 is 0. The number of hydrogen-bond donors (Lipinski definition) is 1. The van der Waals surface area contributed by atoms with E-state index in [1.54, 1.807) is 0 Å². The Morgan fingerprint density at radius 1 is 1.14 bits per heavy atom. The smallest absolute Gasteiger partial charge is 0.168 e. The zero-order valence-electron chi connectivity index (χ0n) is 11.3. The van der Waals surface area contributed by atoms with Gasteiger partial charge in [0.05, 0.1) is 0 Å². The molecule has 0 aromatic heterocycles. The summed E-state index contributed by atoms with van der Waals surface area (Å²) in [7, 11) is 0. The highest BCUT2D eigenvalue weighted by Gasteiger charge is 2.38. The van der Waals surface area contributed by atoms with E-state index in [9.17, 15) is 8.78 Å². The molecule has 0 unspecified atom stereocenters. The molecule has 2 nitrogen and oxygen atoms in total. The van der Waals surface area contributed by atoms with Crippen LogP contribution < -0.4 is 10.5 Å². The van der Waals surface area contributed by atoms with Gasteiger partial charge in [0.1, 0.15) is 12.4 Å². The molecule has 0 heterocycles. The molecule has 0 amide bonds. The van der Waals surface area contributed by atoms with Crippen molar-refractivity contribution in [2.24, 2.45) is 5.73 Å². The first-order chi connectivity index (χ1) is 9.65. The van der Waals surface area contributed by atoms with Gasteiger partial charge in [0, 0.05) is 23.6 Å². The Kier molecular flexibility index (Phi) is 6.33. The Labute approximate surface area is 135 Å². The molecule has 1 aliphatic rings. The molecule has 120 valence electrons. The Bertz CT molecular complexity index is 622. The van der Waals surface area contributed by atoms with Gasteiger partial charge in [0.2, 0.25) is 0 Å². The van der Waals surface area contributed by atoms with Crippen LogP contribution in [0.4, 0.5) is 8.78 Å². The second-order valence-corrected chi connectivity index (χ2v) is 5.09. The number of nitrogens with two attached hydrogens (primary N) is 1. The predicted molar refractivity (Wildman–Crippen MR) is 86.4 cm³/mol. The van der Waals surface area contributed by atoms with Gasteiger partial charge in [0.25, 0.3) is 0 Å². The molecular formula is C17H20ClF2NO. The molecule has 0 spiro atoms. The average molecular weight is 328 g/mol. The topological polar surface area (TPSA) is 35.2 Å². The summed E-state index contributed by atoms with van der Waals surface area (Å²) in [5, 5.41) is 0. The van der Waals surface area contributed by atoms with E-state index in [-0.39, 0.29) is 44.1 Å². The third kappa shape index (κ3) is 3.96. The Morgan fingerprint density at radius 2 is 1.77 bits per heavy atom. The first-order valence-corrected chi connectivity index (χ1v) is 6.56. The lowest BCUT2D eigenvalue weighted by Gasteiger charge is -2.12. The third-order valence-electron chi connectivity index (χ3n) is 3.50. The van der Waals surface area contributed by atoms with Crippen molar-refractivity contribution in [2.45, 2.75) is 32.4 Å². The first-order valence-electron chi connectivity index (χ1n) is 6.56. The number of benzene rings is 2. The molecule has 2 aromatic carbocycles. The highest BCUT2D eigenvalue weighted by Crippen LogP contribution is 2.44. The summed E-state index contributed by atoms with van der Waals surface area (Å²) in [5.74, 6) is -1.15. The van der Waals surface area contributed by atoms with E-state index in [1.807, 2.05) is 30.3 Å². The van der Waals surface area contributed by atoms with Gasteiger partial charge in [-0.2, -0.15) is 0 Å². The first kappa shape index (κ1) is 18.4. The highest BCUT2D eigenvalue weighted by atomic mass is 35.5. The number of ether oxygens (including phenoxy) is 1. The zero-order chi connectivity index (χ0) is 14.1. The molecule has 22 heavy (non-hydrogen) atoms. The van der Waals surface area contributed by atoms with E-state index in [0.29, 0.717) is 5.56 Å². The number of hydrogen-bond acceptors (Lipinski definition) is 2. The molecule has 5 heteroatoms. The molecule has 0 radical (unpaired) electrons. The van der Waals surface area contributed by atoms with E-state index in [2.05, 4.69) is 0 Å². The number of halogens is 3. The molecular weight excluding hydrogens is 308 g/mol. The van der Waals surface area contributed by atoms with Crippen molar-refractivity contribution in [3.05, 3.63) is 65.2 Å². The molecule has 2 N–H and O–H groups in total. The minimum absolute atomic E-state index is 0. The van der Waals surface area contributed by atoms with Gasteiger partial charge in [-0.3, -0.25) is 0 Å². The maximum Gasteiger partial charge on any atom is 0.168 e. The number of rotatable bonds is 4. The van der Waals surface area contributed by atoms with Gasteiger partial charge in [-0.1, -0.05) is 37.8 Å². The largest absolute Gasteiger partial charge is 0.486 e. The average Bonchev–Trinajstić information content (AvgIpc) is 3.15.